The maximum atomic E-state index is 11.8. The van der Waals surface area contributed by atoms with Gasteiger partial charge in [0.1, 0.15) is 4.75 Å². The second-order valence-corrected chi connectivity index (χ2v) is 7.44. The highest BCUT2D eigenvalue weighted by Crippen LogP contribution is 2.22. The van der Waals surface area contributed by atoms with Crippen LogP contribution in [0.2, 0.25) is 0 Å². The number of carbonyl (C=O) groups is 1. The van der Waals surface area contributed by atoms with Crippen LogP contribution in [0.4, 0.5) is 0 Å². The summed E-state index contributed by atoms with van der Waals surface area (Å²) in [4.78, 5) is 10.9. The summed E-state index contributed by atoms with van der Waals surface area (Å²) in [5.74, 6) is -0.658. The van der Waals surface area contributed by atoms with Crippen molar-refractivity contribution >= 4 is 16.8 Å². The zero-order chi connectivity index (χ0) is 13.7. The first-order valence-electron chi connectivity index (χ1n) is 5.66. The van der Waals surface area contributed by atoms with Gasteiger partial charge in [0.05, 0.1) is 11.5 Å². The van der Waals surface area contributed by atoms with Gasteiger partial charge < -0.3 is 5.11 Å². The molecule has 0 aliphatic carbocycles. The number of carboxylic acids is 1. The standard InChI is InChI=1S/C12H21NO3S/c1-11(2,9-13)7-5-6-8-17(16)12(3,4)10(14)15/h5-8H2,1-4H3,(H,14,15). The molecule has 0 aromatic carbocycles. The van der Waals surface area contributed by atoms with Gasteiger partial charge in [0, 0.05) is 16.6 Å². The van der Waals surface area contributed by atoms with Gasteiger partial charge in [-0.25, -0.2) is 0 Å². The van der Waals surface area contributed by atoms with Gasteiger partial charge in [-0.2, -0.15) is 5.26 Å². The van der Waals surface area contributed by atoms with Gasteiger partial charge in [-0.3, -0.25) is 9.00 Å². The molecule has 1 unspecified atom stereocenters. The first kappa shape index (κ1) is 16.1. The predicted octanol–water partition coefficient (Wildman–Crippen LogP) is 2.32. The van der Waals surface area contributed by atoms with Crippen molar-refractivity contribution in [1.82, 2.24) is 0 Å². The molecular formula is C12H21NO3S. The fourth-order valence-electron chi connectivity index (χ4n) is 1.21. The number of aliphatic carboxylic acids is 1. The monoisotopic (exact) mass is 259 g/mol. The molecule has 1 N–H and O–H groups in total. The normalized spacial score (nSPS) is 14.1. The molecule has 17 heavy (non-hydrogen) atoms. The molecule has 0 aromatic heterocycles. The van der Waals surface area contributed by atoms with Gasteiger partial charge in [-0.15, -0.1) is 0 Å². The topological polar surface area (TPSA) is 78.2 Å². The van der Waals surface area contributed by atoms with Crippen LogP contribution in [0.25, 0.3) is 0 Å². The highest BCUT2D eigenvalue weighted by molar-refractivity contribution is 7.87. The van der Waals surface area contributed by atoms with Gasteiger partial charge in [-0.05, 0) is 40.5 Å². The maximum absolute atomic E-state index is 11.8. The number of carboxylic acid groups (broad SMARTS) is 1. The van der Waals surface area contributed by atoms with Crippen LogP contribution in [0, 0.1) is 16.7 Å². The van der Waals surface area contributed by atoms with E-state index in [1.54, 1.807) is 0 Å². The first-order chi connectivity index (χ1) is 7.63. The highest BCUT2D eigenvalue weighted by atomic mass is 32.2. The number of rotatable bonds is 7. The fourth-order valence-corrected chi connectivity index (χ4v) is 2.38. The lowest BCUT2D eigenvalue weighted by molar-refractivity contribution is -0.139. The second kappa shape index (κ2) is 6.15. The molecule has 0 aliphatic heterocycles. The Kier molecular flexibility index (Phi) is 5.83. The fraction of sp³-hybridized carbons (Fsp3) is 0.833. The van der Waals surface area contributed by atoms with E-state index < -0.39 is 21.5 Å². The van der Waals surface area contributed by atoms with Crippen molar-refractivity contribution in [3.63, 3.8) is 0 Å². The maximum Gasteiger partial charge on any atom is 0.321 e. The largest absolute Gasteiger partial charge is 0.480 e. The number of nitriles is 1. The molecule has 0 rings (SSSR count). The van der Waals surface area contributed by atoms with E-state index in [-0.39, 0.29) is 5.41 Å². The Morgan fingerprint density at radius 1 is 1.29 bits per heavy atom. The van der Waals surface area contributed by atoms with Crippen molar-refractivity contribution < 1.29 is 14.1 Å². The zero-order valence-electron chi connectivity index (χ0n) is 10.9. The molecular weight excluding hydrogens is 238 g/mol. The van der Waals surface area contributed by atoms with E-state index in [1.807, 2.05) is 13.8 Å². The van der Waals surface area contributed by atoms with Gasteiger partial charge in [0.25, 0.3) is 0 Å². The lowest BCUT2D eigenvalue weighted by Gasteiger charge is -2.19. The number of hydrogen-bond donors (Lipinski definition) is 1. The molecule has 0 aromatic rings. The molecule has 0 bridgehead atoms. The summed E-state index contributed by atoms with van der Waals surface area (Å²) in [6, 6.07) is 2.21. The molecule has 0 aliphatic rings. The van der Waals surface area contributed by atoms with Crippen LogP contribution in [0.1, 0.15) is 47.0 Å². The van der Waals surface area contributed by atoms with Gasteiger partial charge in [0.15, 0.2) is 0 Å². The molecule has 0 fully saturated rings. The molecule has 0 spiro atoms. The molecule has 5 heteroatoms. The summed E-state index contributed by atoms with van der Waals surface area (Å²) in [6.45, 7) is 6.69. The molecule has 1 atom stereocenters. The zero-order valence-corrected chi connectivity index (χ0v) is 11.8. The van der Waals surface area contributed by atoms with Gasteiger partial charge in [0.2, 0.25) is 0 Å². The SMILES string of the molecule is CC(C)(C#N)CCCCS(=O)C(C)(C)C(=O)O. The van der Waals surface area contributed by atoms with Crippen LogP contribution in [0.15, 0.2) is 0 Å². The Labute approximate surface area is 105 Å². The third kappa shape index (κ3) is 5.31. The second-order valence-electron chi connectivity index (χ2n) is 5.32. The van der Waals surface area contributed by atoms with Crippen molar-refractivity contribution in [3.8, 4) is 6.07 Å². The summed E-state index contributed by atoms with van der Waals surface area (Å²) >= 11 is 0. The van der Waals surface area contributed by atoms with Crippen LogP contribution in [0.3, 0.4) is 0 Å². The van der Waals surface area contributed by atoms with E-state index in [1.165, 1.54) is 13.8 Å². The minimum absolute atomic E-state index is 0.357. The van der Waals surface area contributed by atoms with Crippen LogP contribution in [-0.2, 0) is 15.6 Å². The Hall–Kier alpha value is -0.890. The van der Waals surface area contributed by atoms with E-state index in [2.05, 4.69) is 6.07 Å². The Morgan fingerprint density at radius 2 is 1.82 bits per heavy atom. The van der Waals surface area contributed by atoms with E-state index in [0.717, 1.165) is 12.8 Å². The predicted molar refractivity (Wildman–Crippen MR) is 68.0 cm³/mol. The minimum Gasteiger partial charge on any atom is -0.480 e. The molecule has 0 amide bonds. The van der Waals surface area contributed by atoms with Gasteiger partial charge >= 0.3 is 5.97 Å². The summed E-state index contributed by atoms with van der Waals surface area (Å²) in [5.41, 5.74) is -0.357. The summed E-state index contributed by atoms with van der Waals surface area (Å²) in [7, 11) is -1.37. The smallest absolute Gasteiger partial charge is 0.321 e. The van der Waals surface area contributed by atoms with E-state index >= 15 is 0 Å². The van der Waals surface area contributed by atoms with Gasteiger partial charge in [-0.1, -0.05) is 6.42 Å². The first-order valence-corrected chi connectivity index (χ1v) is 6.98. The van der Waals surface area contributed by atoms with Crippen molar-refractivity contribution in [3.05, 3.63) is 0 Å². The molecule has 0 saturated heterocycles. The Morgan fingerprint density at radius 3 is 2.24 bits per heavy atom. The van der Waals surface area contributed by atoms with Crippen LogP contribution in [0.5, 0.6) is 0 Å². The number of unbranched alkanes of at least 4 members (excludes halogenated alkanes) is 1. The van der Waals surface area contributed by atoms with Crippen LogP contribution in [-0.4, -0.2) is 25.8 Å². The van der Waals surface area contributed by atoms with E-state index in [9.17, 15) is 9.00 Å². The van der Waals surface area contributed by atoms with Crippen molar-refractivity contribution in [2.45, 2.75) is 51.7 Å². The molecule has 0 saturated carbocycles. The third-order valence-corrected chi connectivity index (χ3v) is 4.74. The minimum atomic E-state index is -1.37. The lowest BCUT2D eigenvalue weighted by atomic mass is 9.89. The molecule has 0 heterocycles. The molecule has 98 valence electrons. The lowest BCUT2D eigenvalue weighted by Crippen LogP contribution is -2.37. The molecule has 4 nitrogen and oxygen atoms in total. The van der Waals surface area contributed by atoms with Crippen molar-refractivity contribution in [1.29, 1.82) is 5.26 Å². The van der Waals surface area contributed by atoms with Crippen LogP contribution < -0.4 is 0 Å². The van der Waals surface area contributed by atoms with Crippen LogP contribution >= 0.6 is 0 Å². The highest BCUT2D eigenvalue weighted by Gasteiger charge is 2.33. The van der Waals surface area contributed by atoms with E-state index in [4.69, 9.17) is 10.4 Å². The summed E-state index contributed by atoms with van der Waals surface area (Å²) < 4.78 is 10.6. The Balaban J connectivity index is 4.05. The van der Waals surface area contributed by atoms with Crippen molar-refractivity contribution in [2.75, 3.05) is 5.75 Å². The summed E-state index contributed by atoms with van der Waals surface area (Å²) in [6.07, 6.45) is 2.23. The number of hydrogen-bond acceptors (Lipinski definition) is 3. The average Bonchev–Trinajstić information content (AvgIpc) is 2.23. The van der Waals surface area contributed by atoms with E-state index in [0.29, 0.717) is 12.2 Å². The van der Waals surface area contributed by atoms with Crippen molar-refractivity contribution in [2.24, 2.45) is 5.41 Å². The quantitative estimate of drug-likeness (QED) is 0.712. The average molecular weight is 259 g/mol. The Bertz CT molecular complexity index is 342. The third-order valence-electron chi connectivity index (χ3n) is 2.77. The molecule has 0 radical (unpaired) electrons. The summed E-state index contributed by atoms with van der Waals surface area (Å²) in [5, 5.41) is 17.7. The number of nitrogens with zero attached hydrogens (tertiary/aromatic N) is 1.